The van der Waals surface area contributed by atoms with Crippen molar-refractivity contribution in [2.24, 2.45) is 0 Å². The summed E-state index contributed by atoms with van der Waals surface area (Å²) in [6, 6.07) is 12.1. The molecule has 0 saturated heterocycles. The summed E-state index contributed by atoms with van der Waals surface area (Å²) in [6.45, 7) is 0. The number of aromatic nitrogens is 1. The first-order valence-electron chi connectivity index (χ1n) is 9.84. The Morgan fingerprint density at radius 3 is 2.15 bits per heavy atom. The highest BCUT2D eigenvalue weighted by molar-refractivity contribution is 6.23. The van der Waals surface area contributed by atoms with Crippen molar-refractivity contribution >= 4 is 41.0 Å². The molecule has 1 aliphatic heterocycles. The van der Waals surface area contributed by atoms with Crippen molar-refractivity contribution in [3.8, 4) is 5.69 Å². The van der Waals surface area contributed by atoms with Gasteiger partial charge in [0.15, 0.2) is 5.78 Å². The molecule has 0 bridgehead atoms. The van der Waals surface area contributed by atoms with Crippen LogP contribution in [0.1, 0.15) is 47.9 Å². The number of benzene rings is 2. The van der Waals surface area contributed by atoms with Crippen LogP contribution in [0.15, 0.2) is 59.4 Å². The number of carboxylic acid groups (broad SMARTS) is 1. The van der Waals surface area contributed by atoms with Gasteiger partial charge in [-0.3, -0.25) is 33.9 Å². The Morgan fingerprint density at radius 1 is 0.912 bits per heavy atom. The van der Waals surface area contributed by atoms with Gasteiger partial charge in [0.1, 0.15) is 5.82 Å². The number of aromatic carboxylic acids is 1. The molecule has 5 N–H and O–H groups in total. The topological polar surface area (TPSA) is 178 Å². The van der Waals surface area contributed by atoms with Gasteiger partial charge in [0.2, 0.25) is 5.91 Å². The van der Waals surface area contributed by atoms with Crippen molar-refractivity contribution in [2.75, 3.05) is 11.1 Å². The number of pyridine rings is 1. The van der Waals surface area contributed by atoms with Gasteiger partial charge in [-0.1, -0.05) is 0 Å². The summed E-state index contributed by atoms with van der Waals surface area (Å²) >= 11 is 0. The third kappa shape index (κ3) is 4.05. The number of hydrogen-bond acceptors (Lipinski definition) is 7. The molecule has 2 heterocycles. The molecule has 3 amide bonds. The van der Waals surface area contributed by atoms with E-state index >= 15 is 0 Å². The maximum Gasteiger partial charge on any atom is 0.335 e. The van der Waals surface area contributed by atoms with Gasteiger partial charge in [-0.25, -0.2) is 4.79 Å². The van der Waals surface area contributed by atoms with Crippen LogP contribution in [-0.4, -0.2) is 39.1 Å². The average molecular weight is 460 g/mol. The third-order valence-corrected chi connectivity index (χ3v) is 5.14. The molecular formula is C23H16N4O7. The normalized spacial score (nSPS) is 12.1. The summed E-state index contributed by atoms with van der Waals surface area (Å²) < 4.78 is 1.04. The molecule has 2 aromatic carbocycles. The van der Waals surface area contributed by atoms with Crippen molar-refractivity contribution in [1.29, 1.82) is 0 Å². The van der Waals surface area contributed by atoms with Crippen molar-refractivity contribution in [3.05, 3.63) is 87.2 Å². The lowest BCUT2D eigenvalue weighted by molar-refractivity contribution is -0.115. The van der Waals surface area contributed by atoms with Crippen LogP contribution in [0.5, 0.6) is 0 Å². The summed E-state index contributed by atoms with van der Waals surface area (Å²) in [6.07, 6.45) is -0.469. The van der Waals surface area contributed by atoms with Crippen LogP contribution in [0.25, 0.3) is 5.69 Å². The number of nitrogen functional groups attached to an aromatic ring is 1. The van der Waals surface area contributed by atoms with Crippen LogP contribution in [0.3, 0.4) is 0 Å². The molecule has 3 aromatic rings. The summed E-state index contributed by atoms with van der Waals surface area (Å²) in [4.78, 5) is 71.8. The number of rotatable bonds is 6. The minimum atomic E-state index is -1.10. The molecule has 0 fully saturated rings. The molecule has 170 valence electrons. The number of ketones is 1. The molecule has 1 aliphatic rings. The number of imide groups is 1. The van der Waals surface area contributed by atoms with E-state index in [-0.39, 0.29) is 33.8 Å². The first-order chi connectivity index (χ1) is 16.2. The Morgan fingerprint density at radius 2 is 1.53 bits per heavy atom. The van der Waals surface area contributed by atoms with E-state index in [1.165, 1.54) is 48.5 Å². The van der Waals surface area contributed by atoms with Crippen LogP contribution >= 0.6 is 0 Å². The van der Waals surface area contributed by atoms with E-state index in [0.29, 0.717) is 5.69 Å². The molecule has 0 unspecified atom stereocenters. The zero-order valence-electron chi connectivity index (χ0n) is 17.3. The maximum atomic E-state index is 12.5. The fourth-order valence-corrected chi connectivity index (χ4v) is 3.49. The summed E-state index contributed by atoms with van der Waals surface area (Å²) in [5.41, 5.74) is 6.01. The van der Waals surface area contributed by atoms with E-state index in [9.17, 15) is 28.8 Å². The number of Topliss-reactive ketones (excluding diaryl/α,β-unsaturated/α-hetero) is 1. The fourth-order valence-electron chi connectivity index (χ4n) is 3.49. The van der Waals surface area contributed by atoms with E-state index in [4.69, 9.17) is 10.8 Å². The SMILES string of the molecule is Nc1c2c(cc(=O)n1-c1ccc(C(=O)CC(=O)Nc3ccc(C(=O)O)cc3)cc1)C(=O)NC2=O. The van der Waals surface area contributed by atoms with Gasteiger partial charge in [-0.2, -0.15) is 0 Å². The van der Waals surface area contributed by atoms with Crippen molar-refractivity contribution < 1.29 is 29.1 Å². The molecule has 0 atom stereocenters. The number of nitrogens with two attached hydrogens (primary N) is 1. The molecular weight excluding hydrogens is 444 g/mol. The van der Waals surface area contributed by atoms with E-state index in [1.54, 1.807) is 0 Å². The average Bonchev–Trinajstić information content (AvgIpc) is 3.07. The van der Waals surface area contributed by atoms with E-state index in [2.05, 4.69) is 10.6 Å². The second-order valence-electron chi connectivity index (χ2n) is 7.35. The Bertz CT molecular complexity index is 1440. The lowest BCUT2D eigenvalue weighted by Gasteiger charge is -2.12. The van der Waals surface area contributed by atoms with Gasteiger partial charge in [-0.05, 0) is 48.5 Å². The Labute approximate surface area is 190 Å². The minimum absolute atomic E-state index is 0.0597. The number of nitrogens with one attached hydrogen (secondary N) is 2. The smallest absolute Gasteiger partial charge is 0.335 e. The summed E-state index contributed by atoms with van der Waals surface area (Å²) in [5, 5.41) is 13.5. The number of carboxylic acids is 1. The van der Waals surface area contributed by atoms with Gasteiger partial charge in [0.25, 0.3) is 17.4 Å². The van der Waals surface area contributed by atoms with Gasteiger partial charge in [0.05, 0.1) is 28.8 Å². The number of nitrogens with zero attached hydrogens (tertiary/aromatic N) is 1. The molecule has 11 heteroatoms. The van der Waals surface area contributed by atoms with Crippen LogP contribution in [0.4, 0.5) is 11.5 Å². The second-order valence-corrected chi connectivity index (χ2v) is 7.35. The summed E-state index contributed by atoms with van der Waals surface area (Å²) in [5.74, 6) is -3.80. The molecule has 0 radical (unpaired) electrons. The standard InChI is InChI=1S/C23H16N4O7/c24-20-19-15(21(31)26-22(19)32)9-18(30)27(20)14-7-3-11(4-8-14)16(28)10-17(29)25-13-5-1-12(2-6-13)23(33)34/h1-9H,10,24H2,(H,25,29)(H,33,34)(H,26,31,32). The number of fused-ring (bicyclic) bond motifs is 1. The number of carbonyl (C=O) groups excluding carboxylic acids is 4. The molecule has 0 aliphatic carbocycles. The van der Waals surface area contributed by atoms with Gasteiger partial charge >= 0.3 is 5.97 Å². The fraction of sp³-hybridized carbons (Fsp3) is 0.0435. The summed E-state index contributed by atoms with van der Waals surface area (Å²) in [7, 11) is 0. The second kappa shape index (κ2) is 8.47. The highest BCUT2D eigenvalue weighted by Crippen LogP contribution is 2.23. The van der Waals surface area contributed by atoms with Gasteiger partial charge in [-0.15, -0.1) is 0 Å². The minimum Gasteiger partial charge on any atom is -0.478 e. The zero-order chi connectivity index (χ0) is 24.6. The third-order valence-electron chi connectivity index (χ3n) is 5.14. The van der Waals surface area contributed by atoms with Gasteiger partial charge in [0, 0.05) is 17.3 Å². The quantitative estimate of drug-likeness (QED) is 0.241. The monoisotopic (exact) mass is 460 g/mol. The van der Waals surface area contributed by atoms with Crippen molar-refractivity contribution in [1.82, 2.24) is 9.88 Å². The highest BCUT2D eigenvalue weighted by atomic mass is 16.4. The number of hydrogen-bond donors (Lipinski definition) is 4. The lowest BCUT2D eigenvalue weighted by Crippen LogP contribution is -2.24. The lowest BCUT2D eigenvalue weighted by atomic mass is 10.1. The number of anilines is 2. The molecule has 0 spiro atoms. The largest absolute Gasteiger partial charge is 0.478 e. The Balaban J connectivity index is 1.49. The van der Waals surface area contributed by atoms with Crippen LogP contribution in [-0.2, 0) is 4.79 Å². The molecule has 0 saturated carbocycles. The van der Waals surface area contributed by atoms with Crippen LogP contribution in [0, 0.1) is 0 Å². The Kier molecular flexibility index (Phi) is 5.51. The van der Waals surface area contributed by atoms with Crippen LogP contribution in [0.2, 0.25) is 0 Å². The number of amides is 3. The highest BCUT2D eigenvalue weighted by Gasteiger charge is 2.31. The van der Waals surface area contributed by atoms with Crippen molar-refractivity contribution in [2.45, 2.75) is 6.42 Å². The maximum absolute atomic E-state index is 12.5. The first kappa shape index (κ1) is 22.1. The number of carbonyl (C=O) groups is 5. The van der Waals surface area contributed by atoms with Gasteiger partial charge < -0.3 is 16.2 Å². The zero-order valence-corrected chi connectivity index (χ0v) is 17.3. The molecule has 4 rings (SSSR count). The van der Waals surface area contributed by atoms with E-state index in [0.717, 1.165) is 10.6 Å². The predicted octanol–water partition coefficient (Wildman–Crippen LogP) is 1.21. The molecule has 11 nitrogen and oxygen atoms in total. The van der Waals surface area contributed by atoms with Crippen molar-refractivity contribution in [3.63, 3.8) is 0 Å². The predicted molar refractivity (Wildman–Crippen MR) is 119 cm³/mol. The molecule has 1 aromatic heterocycles. The molecule has 34 heavy (non-hydrogen) atoms. The van der Waals surface area contributed by atoms with E-state index in [1.807, 2.05) is 0 Å². The van der Waals surface area contributed by atoms with Crippen LogP contribution < -0.4 is 21.9 Å². The first-order valence-corrected chi connectivity index (χ1v) is 9.84. The Hall–Kier alpha value is -5.06. The van der Waals surface area contributed by atoms with E-state index < -0.39 is 41.5 Å².